The molecule has 0 aliphatic carbocycles. The van der Waals surface area contributed by atoms with Crippen LogP contribution in [0.15, 0.2) is 99.2 Å². The van der Waals surface area contributed by atoms with Crippen LogP contribution in [0.2, 0.25) is 0 Å². The van der Waals surface area contributed by atoms with E-state index in [1.807, 2.05) is 48.5 Å². The van der Waals surface area contributed by atoms with Gasteiger partial charge < -0.3 is 4.42 Å². The number of nitro groups is 1. The van der Waals surface area contributed by atoms with Crippen molar-refractivity contribution in [3.8, 4) is 11.3 Å². The van der Waals surface area contributed by atoms with Gasteiger partial charge in [0.05, 0.1) is 26.8 Å². The molecule has 0 bridgehead atoms. The molecule has 2 heterocycles. The van der Waals surface area contributed by atoms with Crippen LogP contribution in [0.25, 0.3) is 17.4 Å². The molecule has 0 unspecified atom stereocenters. The number of furan rings is 1. The highest BCUT2D eigenvalue weighted by Crippen LogP contribution is 2.38. The number of hydrogen-bond acceptors (Lipinski definition) is 6. The molecule has 0 radical (unpaired) electrons. The molecule has 1 amide bonds. The molecule has 0 spiro atoms. The maximum absolute atomic E-state index is 13.6. The van der Waals surface area contributed by atoms with Crippen LogP contribution < -0.4 is 4.90 Å². The fourth-order valence-corrected chi connectivity index (χ4v) is 5.10. The lowest BCUT2D eigenvalue weighted by atomic mass is 10.1. The summed E-state index contributed by atoms with van der Waals surface area (Å²) in [7, 11) is 0. The third kappa shape index (κ3) is 5.17. The zero-order valence-corrected chi connectivity index (χ0v) is 21.8. The van der Waals surface area contributed by atoms with E-state index in [9.17, 15) is 14.9 Å². The number of aryl methyl sites for hydroxylation is 2. The highest BCUT2D eigenvalue weighted by atomic mass is 32.2. The summed E-state index contributed by atoms with van der Waals surface area (Å²) in [5, 5.41) is 12.0. The van der Waals surface area contributed by atoms with Crippen LogP contribution in [0.3, 0.4) is 0 Å². The summed E-state index contributed by atoms with van der Waals surface area (Å²) in [6, 6.07) is 25.6. The lowest BCUT2D eigenvalue weighted by Gasteiger charge is -2.16. The average Bonchev–Trinajstić information content (AvgIpc) is 3.53. The van der Waals surface area contributed by atoms with Crippen LogP contribution in [0, 0.1) is 10.1 Å². The molecule has 0 atom stereocenters. The smallest absolute Gasteiger partial charge is 0.280 e. The number of amidine groups is 1. The van der Waals surface area contributed by atoms with Gasteiger partial charge in [0, 0.05) is 12.1 Å². The van der Waals surface area contributed by atoms with Crippen molar-refractivity contribution in [3.63, 3.8) is 0 Å². The molecule has 1 fully saturated rings. The summed E-state index contributed by atoms with van der Waals surface area (Å²) >= 11 is 1.26. The van der Waals surface area contributed by atoms with E-state index in [0.717, 1.165) is 24.2 Å². The lowest BCUT2D eigenvalue weighted by molar-refractivity contribution is -0.384. The van der Waals surface area contributed by atoms with E-state index in [1.165, 1.54) is 29.0 Å². The quantitative estimate of drug-likeness (QED) is 0.140. The Labute approximate surface area is 224 Å². The molecule has 3 aromatic carbocycles. The Hall–Kier alpha value is -4.43. The molecule has 5 rings (SSSR count). The topological polar surface area (TPSA) is 89.0 Å². The number of aliphatic imine (C=N–C) groups is 1. The van der Waals surface area contributed by atoms with Crippen molar-refractivity contribution >= 4 is 46.0 Å². The summed E-state index contributed by atoms with van der Waals surface area (Å²) < 4.78 is 5.92. The lowest BCUT2D eigenvalue weighted by Crippen LogP contribution is -2.28. The molecule has 1 aromatic heterocycles. The number of nitrogens with zero attached hydrogens (tertiary/aromatic N) is 3. The molecule has 8 heteroatoms. The predicted octanol–water partition coefficient (Wildman–Crippen LogP) is 7.79. The summed E-state index contributed by atoms with van der Waals surface area (Å²) in [6.07, 6.45) is 3.49. The number of thioether (sulfide) groups is 1. The first-order valence-corrected chi connectivity index (χ1v) is 13.1. The Morgan fingerprint density at radius 3 is 2.24 bits per heavy atom. The molecule has 38 heavy (non-hydrogen) atoms. The van der Waals surface area contributed by atoms with Crippen LogP contribution in [-0.2, 0) is 17.6 Å². The SMILES string of the molecule is CCc1ccc(N=C2S/C(=C/c3ccc(-c4ccccc4[N+](=O)[O-])o3)C(=O)N2c2ccc(CC)cc2)cc1. The number of nitro benzene ring substituents is 1. The van der Waals surface area contributed by atoms with Crippen LogP contribution in [0.1, 0.15) is 30.7 Å². The van der Waals surface area contributed by atoms with Gasteiger partial charge in [-0.1, -0.05) is 50.2 Å². The summed E-state index contributed by atoms with van der Waals surface area (Å²) in [4.78, 5) is 31.5. The van der Waals surface area contributed by atoms with E-state index in [1.54, 1.807) is 41.3 Å². The number of carbonyl (C=O) groups is 1. The molecular weight excluding hydrogens is 498 g/mol. The maximum Gasteiger partial charge on any atom is 0.280 e. The van der Waals surface area contributed by atoms with Crippen molar-refractivity contribution in [2.24, 2.45) is 4.99 Å². The number of hydrogen-bond donors (Lipinski definition) is 0. The Bertz CT molecular complexity index is 1550. The number of amides is 1. The minimum atomic E-state index is -0.441. The predicted molar refractivity (Wildman–Crippen MR) is 153 cm³/mol. The minimum absolute atomic E-state index is 0.0439. The fraction of sp³-hybridized carbons (Fsp3) is 0.133. The van der Waals surface area contributed by atoms with Crippen molar-refractivity contribution in [2.75, 3.05) is 4.90 Å². The van der Waals surface area contributed by atoms with Crippen molar-refractivity contribution < 1.29 is 14.1 Å². The zero-order chi connectivity index (χ0) is 26.6. The van der Waals surface area contributed by atoms with Gasteiger partial charge in [0.2, 0.25) is 0 Å². The molecule has 190 valence electrons. The molecular formula is C30H25N3O4S. The van der Waals surface area contributed by atoms with Crippen LogP contribution >= 0.6 is 11.8 Å². The van der Waals surface area contributed by atoms with Gasteiger partial charge in [0.25, 0.3) is 11.6 Å². The number of rotatable bonds is 7. The van der Waals surface area contributed by atoms with Crippen LogP contribution in [0.4, 0.5) is 17.1 Å². The Morgan fingerprint density at radius 1 is 0.921 bits per heavy atom. The van der Waals surface area contributed by atoms with Crippen molar-refractivity contribution in [2.45, 2.75) is 26.7 Å². The Kier molecular flexibility index (Phi) is 7.24. The molecule has 7 nitrogen and oxygen atoms in total. The third-order valence-corrected chi connectivity index (χ3v) is 7.21. The van der Waals surface area contributed by atoms with E-state index >= 15 is 0 Å². The van der Waals surface area contributed by atoms with Gasteiger partial charge in [-0.15, -0.1) is 0 Å². The van der Waals surface area contributed by atoms with Crippen molar-refractivity contribution in [1.29, 1.82) is 0 Å². The van der Waals surface area contributed by atoms with Gasteiger partial charge in [-0.3, -0.25) is 19.8 Å². The van der Waals surface area contributed by atoms with E-state index in [-0.39, 0.29) is 11.6 Å². The van der Waals surface area contributed by atoms with Gasteiger partial charge in [-0.25, -0.2) is 4.99 Å². The molecule has 1 aliphatic rings. The second-order valence-corrected chi connectivity index (χ2v) is 9.67. The minimum Gasteiger partial charge on any atom is -0.456 e. The largest absolute Gasteiger partial charge is 0.456 e. The van der Waals surface area contributed by atoms with Crippen LogP contribution in [0.5, 0.6) is 0 Å². The molecule has 0 N–H and O–H groups in total. The summed E-state index contributed by atoms with van der Waals surface area (Å²) in [6.45, 7) is 4.18. The normalized spacial score (nSPS) is 15.5. The van der Waals surface area contributed by atoms with E-state index in [0.29, 0.717) is 27.2 Å². The van der Waals surface area contributed by atoms with Gasteiger partial charge in [0.15, 0.2) is 5.17 Å². The summed E-state index contributed by atoms with van der Waals surface area (Å²) in [5.74, 6) is 0.562. The first kappa shape index (κ1) is 25.2. The zero-order valence-electron chi connectivity index (χ0n) is 21.0. The fourth-order valence-electron chi connectivity index (χ4n) is 4.12. The number of carbonyl (C=O) groups excluding carboxylic acids is 1. The first-order chi connectivity index (χ1) is 18.5. The van der Waals surface area contributed by atoms with Crippen LogP contribution in [-0.4, -0.2) is 16.0 Å². The number of anilines is 1. The van der Waals surface area contributed by atoms with E-state index < -0.39 is 4.92 Å². The highest BCUT2D eigenvalue weighted by Gasteiger charge is 2.35. The molecule has 0 saturated carbocycles. The molecule has 1 saturated heterocycles. The van der Waals surface area contributed by atoms with Crippen molar-refractivity contribution in [1.82, 2.24) is 0 Å². The first-order valence-electron chi connectivity index (χ1n) is 12.3. The highest BCUT2D eigenvalue weighted by molar-refractivity contribution is 8.19. The van der Waals surface area contributed by atoms with Gasteiger partial charge in [-0.2, -0.15) is 0 Å². The standard InChI is InChI=1S/C30H25N3O4S/c1-3-20-9-13-22(14-10-20)31-30-32(23-15-11-21(4-2)12-16-23)29(34)28(38-30)19-24-17-18-27(37-24)25-7-5-6-8-26(25)33(35)36/h5-19H,3-4H2,1-2H3/b28-19+,31-30?. The molecule has 4 aromatic rings. The monoisotopic (exact) mass is 523 g/mol. The average molecular weight is 524 g/mol. The Morgan fingerprint density at radius 2 is 1.58 bits per heavy atom. The second kappa shape index (κ2) is 10.9. The number of benzene rings is 3. The van der Waals surface area contributed by atoms with Gasteiger partial charge >= 0.3 is 0 Å². The van der Waals surface area contributed by atoms with Gasteiger partial charge in [0.1, 0.15) is 11.5 Å². The summed E-state index contributed by atoms with van der Waals surface area (Å²) in [5.41, 5.74) is 4.21. The van der Waals surface area contributed by atoms with Crippen molar-refractivity contribution in [3.05, 3.63) is 117 Å². The Balaban J connectivity index is 1.51. The third-order valence-electron chi connectivity index (χ3n) is 6.24. The maximum atomic E-state index is 13.6. The second-order valence-electron chi connectivity index (χ2n) is 8.66. The van der Waals surface area contributed by atoms with E-state index in [2.05, 4.69) is 13.8 Å². The van der Waals surface area contributed by atoms with Gasteiger partial charge in [-0.05, 0) is 78.2 Å². The molecule has 1 aliphatic heterocycles. The van der Waals surface area contributed by atoms with E-state index in [4.69, 9.17) is 9.41 Å². The number of para-hydroxylation sites is 1.